The number of carboxylic acids is 1. The molecule has 2 atom stereocenters. The highest BCUT2D eigenvalue weighted by molar-refractivity contribution is 5.80. The van der Waals surface area contributed by atoms with Gasteiger partial charge in [-0.3, -0.25) is 9.59 Å². The molecule has 4 heteroatoms. The number of aliphatic carboxylic acids is 1. The van der Waals surface area contributed by atoms with Crippen LogP contribution in [-0.4, -0.2) is 23.5 Å². The van der Waals surface area contributed by atoms with E-state index < -0.39 is 5.97 Å². The lowest BCUT2D eigenvalue weighted by Crippen LogP contribution is -2.30. The Kier molecular flexibility index (Phi) is 7.53. The average Bonchev–Trinajstić information content (AvgIpc) is 2.87. The SMILES string of the molecule is CCCCCCCCNC(=O)[C@@H]1CC[C@H](C(=O)O)C1. The molecular formula is C15H27NO3. The van der Waals surface area contributed by atoms with Crippen molar-refractivity contribution in [3.63, 3.8) is 0 Å². The summed E-state index contributed by atoms with van der Waals surface area (Å²) in [5.74, 6) is -1.10. The van der Waals surface area contributed by atoms with Crippen LogP contribution in [0.3, 0.4) is 0 Å². The van der Waals surface area contributed by atoms with Crippen LogP contribution in [-0.2, 0) is 9.59 Å². The first-order valence-corrected chi connectivity index (χ1v) is 7.65. The van der Waals surface area contributed by atoms with Gasteiger partial charge in [0.25, 0.3) is 0 Å². The van der Waals surface area contributed by atoms with Crippen molar-refractivity contribution < 1.29 is 14.7 Å². The number of amides is 1. The second-order valence-electron chi connectivity index (χ2n) is 5.60. The predicted molar refractivity (Wildman–Crippen MR) is 74.9 cm³/mol. The van der Waals surface area contributed by atoms with E-state index in [0.29, 0.717) is 12.8 Å². The van der Waals surface area contributed by atoms with Gasteiger partial charge in [-0.05, 0) is 25.7 Å². The molecule has 2 N–H and O–H groups in total. The van der Waals surface area contributed by atoms with Gasteiger partial charge in [0.2, 0.25) is 5.91 Å². The summed E-state index contributed by atoms with van der Waals surface area (Å²) in [6.07, 6.45) is 9.16. The van der Waals surface area contributed by atoms with Crippen molar-refractivity contribution in [3.8, 4) is 0 Å². The van der Waals surface area contributed by atoms with Crippen LogP contribution in [0.15, 0.2) is 0 Å². The van der Waals surface area contributed by atoms with Gasteiger partial charge in [0.1, 0.15) is 0 Å². The molecule has 1 rings (SSSR count). The van der Waals surface area contributed by atoms with Gasteiger partial charge in [-0.25, -0.2) is 0 Å². The Hall–Kier alpha value is -1.06. The van der Waals surface area contributed by atoms with E-state index in [1.54, 1.807) is 0 Å². The molecule has 0 heterocycles. The zero-order valence-corrected chi connectivity index (χ0v) is 12.0. The fourth-order valence-corrected chi connectivity index (χ4v) is 2.71. The fourth-order valence-electron chi connectivity index (χ4n) is 2.71. The normalized spacial score (nSPS) is 22.4. The second kappa shape index (κ2) is 8.94. The van der Waals surface area contributed by atoms with E-state index in [2.05, 4.69) is 12.2 Å². The quantitative estimate of drug-likeness (QED) is 0.632. The summed E-state index contributed by atoms with van der Waals surface area (Å²) in [5, 5.41) is 11.8. The largest absolute Gasteiger partial charge is 0.481 e. The van der Waals surface area contributed by atoms with Crippen LogP contribution >= 0.6 is 0 Å². The van der Waals surface area contributed by atoms with Gasteiger partial charge in [-0.15, -0.1) is 0 Å². The first kappa shape index (κ1) is 16.0. The first-order valence-electron chi connectivity index (χ1n) is 7.65. The van der Waals surface area contributed by atoms with Crippen LogP contribution in [0.25, 0.3) is 0 Å². The maximum absolute atomic E-state index is 11.8. The summed E-state index contributed by atoms with van der Waals surface area (Å²) < 4.78 is 0. The van der Waals surface area contributed by atoms with Crippen molar-refractivity contribution in [3.05, 3.63) is 0 Å². The van der Waals surface area contributed by atoms with Gasteiger partial charge in [-0.1, -0.05) is 39.0 Å². The van der Waals surface area contributed by atoms with Gasteiger partial charge in [-0.2, -0.15) is 0 Å². The Labute approximate surface area is 116 Å². The monoisotopic (exact) mass is 269 g/mol. The summed E-state index contributed by atoms with van der Waals surface area (Å²) in [5.41, 5.74) is 0. The van der Waals surface area contributed by atoms with Gasteiger partial charge in [0, 0.05) is 12.5 Å². The number of hydrogen-bond donors (Lipinski definition) is 2. The lowest BCUT2D eigenvalue weighted by atomic mass is 10.0. The maximum Gasteiger partial charge on any atom is 0.306 e. The van der Waals surface area contributed by atoms with Crippen LogP contribution in [0.5, 0.6) is 0 Å². The van der Waals surface area contributed by atoms with Crippen LogP contribution in [0, 0.1) is 11.8 Å². The number of unbranched alkanes of at least 4 members (excludes halogenated alkanes) is 5. The van der Waals surface area contributed by atoms with E-state index in [0.717, 1.165) is 19.4 Å². The van der Waals surface area contributed by atoms with E-state index >= 15 is 0 Å². The average molecular weight is 269 g/mol. The molecule has 1 aliphatic rings. The minimum absolute atomic E-state index is 0.0531. The third-order valence-electron chi connectivity index (χ3n) is 3.98. The molecule has 0 unspecified atom stereocenters. The molecule has 0 bridgehead atoms. The molecule has 0 aromatic carbocycles. The standard InChI is InChI=1S/C15H27NO3/c1-2-3-4-5-6-7-10-16-14(17)12-8-9-13(11-12)15(18)19/h12-13H,2-11H2,1H3,(H,16,17)(H,18,19)/t12-,13+/m1/s1. The van der Waals surface area contributed by atoms with E-state index in [1.807, 2.05) is 0 Å². The van der Waals surface area contributed by atoms with Crippen molar-refractivity contribution in [1.29, 1.82) is 0 Å². The lowest BCUT2D eigenvalue weighted by molar-refractivity contribution is -0.141. The van der Waals surface area contributed by atoms with E-state index in [4.69, 9.17) is 5.11 Å². The number of nitrogens with one attached hydrogen (secondary N) is 1. The smallest absolute Gasteiger partial charge is 0.306 e. The highest BCUT2D eigenvalue weighted by atomic mass is 16.4. The summed E-state index contributed by atoms with van der Waals surface area (Å²) >= 11 is 0. The van der Waals surface area contributed by atoms with Crippen molar-refractivity contribution in [1.82, 2.24) is 5.32 Å². The topological polar surface area (TPSA) is 66.4 Å². The molecule has 0 spiro atoms. The third kappa shape index (κ3) is 6.08. The molecule has 0 saturated heterocycles. The van der Waals surface area contributed by atoms with Crippen molar-refractivity contribution in [2.75, 3.05) is 6.54 Å². The lowest BCUT2D eigenvalue weighted by Gasteiger charge is -2.10. The Morgan fingerprint density at radius 3 is 2.32 bits per heavy atom. The molecule has 110 valence electrons. The van der Waals surface area contributed by atoms with Crippen LogP contribution in [0.2, 0.25) is 0 Å². The Morgan fingerprint density at radius 1 is 1.05 bits per heavy atom. The van der Waals surface area contributed by atoms with Gasteiger partial charge < -0.3 is 10.4 Å². The molecule has 0 radical (unpaired) electrons. The van der Waals surface area contributed by atoms with E-state index in [-0.39, 0.29) is 17.7 Å². The summed E-state index contributed by atoms with van der Waals surface area (Å²) in [6.45, 7) is 2.94. The molecule has 19 heavy (non-hydrogen) atoms. The zero-order chi connectivity index (χ0) is 14.1. The molecule has 1 saturated carbocycles. The highest BCUT2D eigenvalue weighted by Gasteiger charge is 2.33. The Balaban J connectivity index is 2.04. The Bertz CT molecular complexity index is 291. The minimum atomic E-state index is -0.758. The number of carbonyl (C=O) groups is 2. The van der Waals surface area contributed by atoms with E-state index in [1.165, 1.54) is 32.1 Å². The highest BCUT2D eigenvalue weighted by Crippen LogP contribution is 2.31. The molecule has 0 aromatic heterocycles. The summed E-state index contributed by atoms with van der Waals surface area (Å²) in [7, 11) is 0. The molecular weight excluding hydrogens is 242 g/mol. The molecule has 1 fully saturated rings. The zero-order valence-electron chi connectivity index (χ0n) is 12.0. The second-order valence-corrected chi connectivity index (χ2v) is 5.60. The predicted octanol–water partition coefficient (Wildman–Crippen LogP) is 2.96. The maximum atomic E-state index is 11.8. The third-order valence-corrected chi connectivity index (χ3v) is 3.98. The van der Waals surface area contributed by atoms with Gasteiger partial charge in [0.05, 0.1) is 5.92 Å². The van der Waals surface area contributed by atoms with Gasteiger partial charge >= 0.3 is 5.97 Å². The molecule has 4 nitrogen and oxygen atoms in total. The number of carbonyl (C=O) groups excluding carboxylic acids is 1. The molecule has 1 aliphatic carbocycles. The van der Waals surface area contributed by atoms with E-state index in [9.17, 15) is 9.59 Å². The number of hydrogen-bond acceptors (Lipinski definition) is 2. The van der Waals surface area contributed by atoms with Crippen molar-refractivity contribution in [2.24, 2.45) is 11.8 Å². The van der Waals surface area contributed by atoms with Crippen molar-refractivity contribution >= 4 is 11.9 Å². The fraction of sp³-hybridized carbons (Fsp3) is 0.867. The van der Waals surface area contributed by atoms with Crippen LogP contribution in [0.4, 0.5) is 0 Å². The summed E-state index contributed by atoms with van der Waals surface area (Å²) in [4.78, 5) is 22.7. The van der Waals surface area contributed by atoms with Crippen LogP contribution in [0.1, 0.15) is 64.7 Å². The molecule has 1 amide bonds. The van der Waals surface area contributed by atoms with Crippen molar-refractivity contribution in [2.45, 2.75) is 64.7 Å². The first-order chi connectivity index (χ1) is 9.15. The number of rotatable bonds is 9. The summed E-state index contributed by atoms with van der Waals surface area (Å²) in [6, 6.07) is 0. The number of carboxylic acid groups (broad SMARTS) is 1. The molecule has 0 aliphatic heterocycles. The van der Waals surface area contributed by atoms with Gasteiger partial charge in [0.15, 0.2) is 0 Å². The van der Waals surface area contributed by atoms with Crippen LogP contribution < -0.4 is 5.32 Å². The Morgan fingerprint density at radius 2 is 1.68 bits per heavy atom. The minimum Gasteiger partial charge on any atom is -0.481 e. The molecule has 0 aromatic rings.